The molecule has 100 valence electrons. The van der Waals surface area contributed by atoms with Crippen LogP contribution in [0.25, 0.3) is 0 Å². The van der Waals surface area contributed by atoms with E-state index in [0.29, 0.717) is 6.04 Å². The molecule has 0 spiro atoms. The number of hydrogen-bond acceptors (Lipinski definition) is 3. The third-order valence-electron chi connectivity index (χ3n) is 3.01. The summed E-state index contributed by atoms with van der Waals surface area (Å²) in [5.41, 5.74) is 2.54. The third kappa shape index (κ3) is 3.82. The maximum absolute atomic E-state index is 4.52. The van der Waals surface area contributed by atoms with Gasteiger partial charge in [-0.25, -0.2) is 4.98 Å². The van der Waals surface area contributed by atoms with Gasteiger partial charge in [-0.15, -0.1) is 0 Å². The van der Waals surface area contributed by atoms with Crippen LogP contribution in [0.2, 0.25) is 0 Å². The van der Waals surface area contributed by atoms with Gasteiger partial charge < -0.3 is 5.32 Å². The zero-order chi connectivity index (χ0) is 13.7. The molecule has 0 saturated carbocycles. The third-order valence-corrected chi connectivity index (χ3v) is 4.06. The molecule has 1 N–H and O–H groups in total. The first kappa shape index (κ1) is 14.1. The Morgan fingerprint density at radius 3 is 2.63 bits per heavy atom. The van der Waals surface area contributed by atoms with Gasteiger partial charge in [-0.05, 0) is 38.6 Å². The van der Waals surface area contributed by atoms with Crippen molar-refractivity contribution >= 4 is 11.8 Å². The average Bonchev–Trinajstić information content (AvgIpc) is 2.42. The van der Waals surface area contributed by atoms with E-state index < -0.39 is 0 Å². The molecule has 0 radical (unpaired) electrons. The number of aryl methyl sites for hydroxylation is 1. The lowest BCUT2D eigenvalue weighted by Crippen LogP contribution is -2.18. The molecule has 19 heavy (non-hydrogen) atoms. The zero-order valence-electron chi connectivity index (χ0n) is 11.7. The highest BCUT2D eigenvalue weighted by Gasteiger charge is 2.11. The summed E-state index contributed by atoms with van der Waals surface area (Å²) in [6.45, 7) is 7.37. The topological polar surface area (TPSA) is 24.9 Å². The minimum Gasteiger partial charge on any atom is -0.310 e. The van der Waals surface area contributed by atoms with Crippen LogP contribution in [-0.2, 0) is 0 Å². The van der Waals surface area contributed by atoms with Gasteiger partial charge in [0.15, 0.2) is 0 Å². The van der Waals surface area contributed by atoms with Gasteiger partial charge in [-0.3, -0.25) is 0 Å². The molecular formula is C16H20N2S. The van der Waals surface area contributed by atoms with Crippen LogP contribution in [0.15, 0.2) is 52.5 Å². The number of nitrogens with zero attached hydrogens (tertiary/aromatic N) is 1. The predicted molar refractivity (Wildman–Crippen MR) is 81.6 cm³/mol. The summed E-state index contributed by atoms with van der Waals surface area (Å²) in [6, 6.07) is 13.1. The normalized spacial score (nSPS) is 12.4. The molecule has 1 heterocycles. The number of aromatic nitrogens is 1. The molecule has 1 atom stereocenters. The van der Waals surface area contributed by atoms with Crippen molar-refractivity contribution in [2.75, 3.05) is 6.54 Å². The van der Waals surface area contributed by atoms with Gasteiger partial charge in [-0.1, -0.05) is 42.4 Å². The molecule has 0 bridgehead atoms. The summed E-state index contributed by atoms with van der Waals surface area (Å²) in [6.07, 6.45) is 1.86. The Labute approximate surface area is 119 Å². The lowest BCUT2D eigenvalue weighted by Gasteiger charge is -2.15. The first-order valence-electron chi connectivity index (χ1n) is 6.63. The number of hydrogen-bond donors (Lipinski definition) is 1. The van der Waals surface area contributed by atoms with Crippen LogP contribution in [0.1, 0.15) is 31.0 Å². The second-order valence-electron chi connectivity index (χ2n) is 4.59. The minimum atomic E-state index is 0.326. The van der Waals surface area contributed by atoms with Crippen LogP contribution < -0.4 is 5.32 Å². The molecule has 2 aromatic rings. The number of pyridine rings is 1. The largest absolute Gasteiger partial charge is 0.310 e. The molecular weight excluding hydrogens is 252 g/mol. The molecule has 3 heteroatoms. The maximum Gasteiger partial charge on any atom is 0.105 e. The van der Waals surface area contributed by atoms with E-state index in [1.807, 2.05) is 12.3 Å². The first-order chi connectivity index (χ1) is 9.20. The Morgan fingerprint density at radius 2 is 1.95 bits per heavy atom. The number of nitrogens with one attached hydrogen (secondary N) is 1. The van der Waals surface area contributed by atoms with Gasteiger partial charge in [0.1, 0.15) is 5.03 Å². The fourth-order valence-corrected chi connectivity index (χ4v) is 2.92. The van der Waals surface area contributed by atoms with E-state index in [9.17, 15) is 0 Å². The molecule has 1 aromatic carbocycles. The quantitative estimate of drug-likeness (QED) is 0.882. The molecule has 1 aromatic heterocycles. The van der Waals surface area contributed by atoms with Crippen molar-refractivity contribution in [2.45, 2.75) is 36.7 Å². The van der Waals surface area contributed by atoms with E-state index in [1.54, 1.807) is 11.8 Å². The first-order valence-corrected chi connectivity index (χ1v) is 7.45. The Morgan fingerprint density at radius 1 is 1.21 bits per heavy atom. The Kier molecular flexibility index (Phi) is 5.00. The molecule has 0 saturated heterocycles. The summed E-state index contributed by atoms with van der Waals surface area (Å²) in [5, 5.41) is 4.53. The highest BCUT2D eigenvalue weighted by Crippen LogP contribution is 2.31. The highest BCUT2D eigenvalue weighted by atomic mass is 32.2. The lowest BCUT2D eigenvalue weighted by atomic mass is 10.1. The van der Waals surface area contributed by atoms with Crippen molar-refractivity contribution in [1.29, 1.82) is 0 Å². The van der Waals surface area contributed by atoms with E-state index in [-0.39, 0.29) is 0 Å². The van der Waals surface area contributed by atoms with Crippen LogP contribution in [-0.4, -0.2) is 11.5 Å². The van der Waals surface area contributed by atoms with Gasteiger partial charge in [-0.2, -0.15) is 0 Å². The molecule has 0 aliphatic carbocycles. The SMILES string of the molecule is CCNC(C)c1cccnc1Sc1ccc(C)cc1. The summed E-state index contributed by atoms with van der Waals surface area (Å²) < 4.78 is 0. The standard InChI is InChI=1S/C16H20N2S/c1-4-17-13(3)15-6-5-11-18-16(15)19-14-9-7-12(2)8-10-14/h5-11,13,17H,4H2,1-3H3. The second kappa shape index (κ2) is 6.73. The molecule has 2 nitrogen and oxygen atoms in total. The van der Waals surface area contributed by atoms with Crippen molar-refractivity contribution in [3.8, 4) is 0 Å². The molecule has 2 rings (SSSR count). The second-order valence-corrected chi connectivity index (χ2v) is 5.65. The molecule has 0 fully saturated rings. The van der Waals surface area contributed by atoms with Gasteiger partial charge in [0.2, 0.25) is 0 Å². The smallest absolute Gasteiger partial charge is 0.105 e. The fourth-order valence-electron chi connectivity index (χ4n) is 1.95. The van der Waals surface area contributed by atoms with E-state index in [1.165, 1.54) is 16.0 Å². The van der Waals surface area contributed by atoms with Crippen LogP contribution >= 0.6 is 11.8 Å². The van der Waals surface area contributed by atoms with Gasteiger partial charge in [0.25, 0.3) is 0 Å². The van der Waals surface area contributed by atoms with Crippen molar-refractivity contribution in [3.05, 3.63) is 53.7 Å². The van der Waals surface area contributed by atoms with E-state index in [4.69, 9.17) is 0 Å². The summed E-state index contributed by atoms with van der Waals surface area (Å²) in [4.78, 5) is 5.75. The van der Waals surface area contributed by atoms with Crippen LogP contribution in [0.3, 0.4) is 0 Å². The van der Waals surface area contributed by atoms with Crippen LogP contribution in [0, 0.1) is 6.92 Å². The van der Waals surface area contributed by atoms with Crippen molar-refractivity contribution in [1.82, 2.24) is 10.3 Å². The Bertz CT molecular complexity index is 523. The van der Waals surface area contributed by atoms with Crippen molar-refractivity contribution in [3.63, 3.8) is 0 Å². The van der Waals surface area contributed by atoms with Crippen molar-refractivity contribution in [2.24, 2.45) is 0 Å². The van der Waals surface area contributed by atoms with Crippen molar-refractivity contribution < 1.29 is 0 Å². The van der Waals surface area contributed by atoms with E-state index in [2.05, 4.69) is 61.4 Å². The Hall–Kier alpha value is -1.32. The van der Waals surface area contributed by atoms with Gasteiger partial charge in [0.05, 0.1) is 0 Å². The minimum absolute atomic E-state index is 0.326. The Balaban J connectivity index is 2.22. The fraction of sp³-hybridized carbons (Fsp3) is 0.312. The van der Waals surface area contributed by atoms with E-state index in [0.717, 1.165) is 11.6 Å². The average molecular weight is 272 g/mol. The number of rotatable bonds is 5. The molecule has 0 aliphatic rings. The maximum atomic E-state index is 4.52. The van der Waals surface area contributed by atoms with E-state index >= 15 is 0 Å². The molecule has 0 amide bonds. The lowest BCUT2D eigenvalue weighted by molar-refractivity contribution is 0.585. The monoisotopic (exact) mass is 272 g/mol. The zero-order valence-corrected chi connectivity index (χ0v) is 12.5. The number of benzene rings is 1. The predicted octanol–water partition coefficient (Wildman–Crippen LogP) is 4.21. The highest BCUT2D eigenvalue weighted by molar-refractivity contribution is 7.99. The van der Waals surface area contributed by atoms with Gasteiger partial charge >= 0.3 is 0 Å². The summed E-state index contributed by atoms with van der Waals surface area (Å²) in [5.74, 6) is 0. The molecule has 1 unspecified atom stereocenters. The van der Waals surface area contributed by atoms with Crippen LogP contribution in [0.4, 0.5) is 0 Å². The van der Waals surface area contributed by atoms with Crippen LogP contribution in [0.5, 0.6) is 0 Å². The molecule has 0 aliphatic heterocycles. The van der Waals surface area contributed by atoms with Gasteiger partial charge in [0, 0.05) is 22.7 Å². The summed E-state index contributed by atoms with van der Waals surface area (Å²) in [7, 11) is 0. The summed E-state index contributed by atoms with van der Waals surface area (Å²) >= 11 is 1.73.